The standard InChI is InChI=1S/C66H119N11O12/c1-25-28-30-44(16)56(79)55-60(83)68-46(27-3)62(85)71(18)37-53(78)72(19)49(31-29-26-2)58(81)70-48(33-39(6)7)63(86)73(20)50(34-40(8)9)59(82)69-47(32-38(4)5)57(80)67-45(17)61(84)74(21)51(35-41(10)11)64(87)75(22)52(36-42(12)13)65(88)76(23)54(43(14)15)66(89)77(55)24/h25,28,38-52,54-56,79H,26-27,29-37H2,1-24H3,(H,67,80)(H,68,83)(H,69,82)(H,70,81)/b28-25+/t44-,45-,46+,47+,48+,49+,50+,51+,52+,54+,55+,56-/m1/s1. The summed E-state index contributed by atoms with van der Waals surface area (Å²) in [5.41, 5.74) is 0. The van der Waals surface area contributed by atoms with Crippen LogP contribution in [0.4, 0.5) is 0 Å². The molecule has 510 valence electrons. The lowest BCUT2D eigenvalue weighted by Crippen LogP contribution is -2.63. The number of rotatable bonds is 19. The molecular formula is C66H119N11O12. The van der Waals surface area contributed by atoms with Crippen molar-refractivity contribution in [3.05, 3.63) is 12.2 Å². The molecule has 1 rings (SSSR count). The van der Waals surface area contributed by atoms with Crippen LogP contribution in [0, 0.1) is 41.4 Å². The van der Waals surface area contributed by atoms with Gasteiger partial charge in [0.15, 0.2) is 0 Å². The van der Waals surface area contributed by atoms with E-state index in [1.807, 2.05) is 82.2 Å². The molecule has 11 amide bonds. The maximum atomic E-state index is 15.2. The third kappa shape index (κ3) is 23.9. The summed E-state index contributed by atoms with van der Waals surface area (Å²) in [7, 11) is 10.0. The van der Waals surface area contributed by atoms with E-state index in [2.05, 4.69) is 21.3 Å². The number of hydrogen-bond donors (Lipinski definition) is 5. The van der Waals surface area contributed by atoms with Crippen LogP contribution in [0.2, 0.25) is 0 Å². The van der Waals surface area contributed by atoms with E-state index in [0.29, 0.717) is 19.3 Å². The summed E-state index contributed by atoms with van der Waals surface area (Å²) >= 11 is 0. The average molecular weight is 1260 g/mol. The zero-order chi connectivity index (χ0) is 68.8. The highest BCUT2D eigenvalue weighted by Crippen LogP contribution is 2.26. The Hall–Kier alpha value is -6.13. The number of unbranched alkanes of at least 4 members (excludes halogenated alkanes) is 1. The lowest BCUT2D eigenvalue weighted by molar-refractivity contribution is -0.157. The van der Waals surface area contributed by atoms with E-state index in [1.165, 1.54) is 80.8 Å². The second-order valence-corrected chi connectivity index (χ2v) is 27.5. The first-order chi connectivity index (χ1) is 41.2. The molecule has 0 aromatic rings. The third-order valence-corrected chi connectivity index (χ3v) is 16.9. The average Bonchev–Trinajstić information content (AvgIpc) is 1.61. The zero-order valence-corrected chi connectivity index (χ0v) is 58.9. The molecule has 0 radical (unpaired) electrons. The zero-order valence-electron chi connectivity index (χ0n) is 58.9. The van der Waals surface area contributed by atoms with Gasteiger partial charge in [-0.1, -0.05) is 129 Å². The van der Waals surface area contributed by atoms with Gasteiger partial charge >= 0.3 is 0 Å². The predicted octanol–water partition coefficient (Wildman–Crippen LogP) is 4.83. The van der Waals surface area contributed by atoms with Crippen molar-refractivity contribution >= 4 is 65.0 Å². The first kappa shape index (κ1) is 80.9. The van der Waals surface area contributed by atoms with Crippen LogP contribution in [0.25, 0.3) is 0 Å². The van der Waals surface area contributed by atoms with Crippen molar-refractivity contribution in [3.63, 3.8) is 0 Å². The molecule has 89 heavy (non-hydrogen) atoms. The summed E-state index contributed by atoms with van der Waals surface area (Å²) in [6, 6.07) is -12.2. The van der Waals surface area contributed by atoms with Gasteiger partial charge in [-0.05, 0) is 107 Å². The van der Waals surface area contributed by atoms with E-state index in [1.54, 1.807) is 40.7 Å². The van der Waals surface area contributed by atoms with Gasteiger partial charge in [-0.25, -0.2) is 0 Å². The van der Waals surface area contributed by atoms with Crippen LogP contribution in [-0.4, -0.2) is 227 Å². The van der Waals surface area contributed by atoms with E-state index in [-0.39, 0.29) is 74.5 Å². The molecule has 1 aliphatic rings. The van der Waals surface area contributed by atoms with Crippen molar-refractivity contribution < 1.29 is 57.8 Å². The maximum absolute atomic E-state index is 15.2. The van der Waals surface area contributed by atoms with Crippen LogP contribution in [0.3, 0.4) is 0 Å². The highest BCUT2D eigenvalue weighted by molar-refractivity contribution is 5.99. The molecule has 1 heterocycles. The number of carbonyl (C=O) groups excluding carboxylic acids is 11. The minimum atomic E-state index is -1.61. The van der Waals surface area contributed by atoms with Gasteiger partial charge in [-0.15, -0.1) is 0 Å². The first-order valence-electron chi connectivity index (χ1n) is 32.6. The number of allylic oxidation sites excluding steroid dienone is 2. The molecular weight excluding hydrogens is 1140 g/mol. The topological polar surface area (TPSA) is 279 Å². The molecule has 23 nitrogen and oxygen atoms in total. The van der Waals surface area contributed by atoms with Crippen molar-refractivity contribution in [1.82, 2.24) is 55.6 Å². The van der Waals surface area contributed by atoms with Crippen LogP contribution in [0.1, 0.15) is 182 Å². The minimum absolute atomic E-state index is 0.0261. The number of carbonyl (C=O) groups is 11. The van der Waals surface area contributed by atoms with Crippen molar-refractivity contribution in [3.8, 4) is 0 Å². The second kappa shape index (κ2) is 37.9. The predicted molar refractivity (Wildman–Crippen MR) is 347 cm³/mol. The van der Waals surface area contributed by atoms with Crippen molar-refractivity contribution in [2.24, 2.45) is 41.4 Å². The number of likely N-dealkylation sites (N-methyl/N-ethyl adjacent to an activating group) is 7. The van der Waals surface area contributed by atoms with E-state index in [9.17, 15) is 43.5 Å². The first-order valence-corrected chi connectivity index (χ1v) is 32.6. The van der Waals surface area contributed by atoms with E-state index < -0.39 is 150 Å². The lowest BCUT2D eigenvalue weighted by atomic mass is 9.91. The number of aliphatic hydroxyl groups is 1. The molecule has 0 aliphatic carbocycles. The maximum Gasteiger partial charge on any atom is 0.246 e. The van der Waals surface area contributed by atoms with Crippen LogP contribution in [-0.2, 0) is 52.7 Å². The number of nitrogens with zero attached hydrogens (tertiary/aromatic N) is 7. The molecule has 23 heteroatoms. The Morgan fingerprint density at radius 1 is 0.461 bits per heavy atom. The van der Waals surface area contributed by atoms with Crippen LogP contribution in [0.15, 0.2) is 12.2 Å². The summed E-state index contributed by atoms with van der Waals surface area (Å²) in [5, 5.41) is 23.5. The summed E-state index contributed by atoms with van der Waals surface area (Å²) in [4.78, 5) is 171. The molecule has 1 aliphatic heterocycles. The largest absolute Gasteiger partial charge is 0.390 e. The SMILES string of the molecule is C/C=C/C[C@@H](C)[C@@H](O)[C@H]1C(=O)N[C@@H](CC)C(=O)N(C)CC(=O)N(C)[C@@H](CCCC)C(=O)N[C@@H](CC(C)C)C(=O)N(C)[C@@H](CC(C)C)C(=O)N[C@@H](CC(C)C)C(=O)N[C@H](C)C(=O)N(C)[C@@H](CC(C)C)C(=O)N(C)[C@@H](CC(C)C)C(=O)N(C)[C@@H](C(C)C)C(=O)N1C. The Balaban J connectivity index is 4.43. The molecule has 0 saturated carbocycles. The Kier molecular flexibility index (Phi) is 34.4. The number of nitrogens with one attached hydrogen (secondary N) is 4. The van der Waals surface area contributed by atoms with Gasteiger partial charge in [0.25, 0.3) is 0 Å². The fourth-order valence-corrected chi connectivity index (χ4v) is 11.5. The van der Waals surface area contributed by atoms with Crippen LogP contribution >= 0.6 is 0 Å². The summed E-state index contributed by atoms with van der Waals surface area (Å²) < 4.78 is 0. The van der Waals surface area contributed by atoms with E-state index >= 15 is 14.4 Å². The van der Waals surface area contributed by atoms with Gasteiger partial charge in [0.05, 0.1) is 12.6 Å². The van der Waals surface area contributed by atoms with Crippen molar-refractivity contribution in [2.75, 3.05) is 55.9 Å². The molecule has 0 aromatic heterocycles. The van der Waals surface area contributed by atoms with Gasteiger partial charge in [0, 0.05) is 49.3 Å². The third-order valence-electron chi connectivity index (χ3n) is 16.9. The van der Waals surface area contributed by atoms with Gasteiger partial charge < -0.3 is 60.7 Å². The molecule has 0 bridgehead atoms. The number of aliphatic hydroxyl groups excluding tert-OH is 1. The Morgan fingerprint density at radius 3 is 1.36 bits per heavy atom. The fraction of sp³-hybridized carbons (Fsp3) is 0.803. The highest BCUT2D eigenvalue weighted by Gasteiger charge is 2.46. The van der Waals surface area contributed by atoms with Gasteiger partial charge in [-0.3, -0.25) is 52.7 Å². The molecule has 0 aromatic carbocycles. The van der Waals surface area contributed by atoms with Crippen LogP contribution in [0.5, 0.6) is 0 Å². The molecule has 12 atom stereocenters. The van der Waals surface area contributed by atoms with Gasteiger partial charge in [0.2, 0.25) is 65.0 Å². The summed E-state index contributed by atoms with van der Waals surface area (Å²) in [6.07, 6.45) is 4.58. The van der Waals surface area contributed by atoms with Crippen LogP contribution < -0.4 is 21.3 Å². The Morgan fingerprint density at radius 2 is 0.888 bits per heavy atom. The quantitative estimate of drug-likeness (QED) is 0.109. The smallest absolute Gasteiger partial charge is 0.246 e. The Labute approximate surface area is 534 Å². The summed E-state index contributed by atoms with van der Waals surface area (Å²) in [5.74, 6) is -9.13. The number of hydrogen-bond acceptors (Lipinski definition) is 12. The van der Waals surface area contributed by atoms with Gasteiger partial charge in [-0.2, -0.15) is 0 Å². The monoisotopic (exact) mass is 1260 g/mol. The molecule has 0 unspecified atom stereocenters. The van der Waals surface area contributed by atoms with Crippen molar-refractivity contribution in [1.29, 1.82) is 0 Å². The summed E-state index contributed by atoms with van der Waals surface area (Å²) in [6.45, 7) is 30.3. The number of amides is 11. The Bertz CT molecular complexity index is 2400. The highest BCUT2D eigenvalue weighted by atomic mass is 16.3. The lowest BCUT2D eigenvalue weighted by Gasteiger charge is -2.41. The normalized spacial score (nSPS) is 26.2. The molecule has 5 N–H and O–H groups in total. The molecule has 1 fully saturated rings. The second-order valence-electron chi connectivity index (χ2n) is 27.5. The van der Waals surface area contributed by atoms with E-state index in [0.717, 1.165) is 9.80 Å². The minimum Gasteiger partial charge on any atom is -0.390 e. The molecule has 1 saturated heterocycles. The van der Waals surface area contributed by atoms with E-state index in [4.69, 9.17) is 0 Å². The van der Waals surface area contributed by atoms with Crippen molar-refractivity contribution in [2.45, 2.75) is 248 Å². The fourth-order valence-electron chi connectivity index (χ4n) is 11.5. The molecule has 0 spiro atoms. The van der Waals surface area contributed by atoms with Gasteiger partial charge in [0.1, 0.15) is 60.4 Å².